The van der Waals surface area contributed by atoms with Gasteiger partial charge in [0.15, 0.2) is 9.84 Å². The minimum absolute atomic E-state index is 0.0348. The first kappa shape index (κ1) is 19.6. The van der Waals surface area contributed by atoms with E-state index in [1.165, 1.54) is 11.9 Å². The Bertz CT molecular complexity index is 902. The third kappa shape index (κ3) is 3.66. The standard InChI is InChI=1S/C17H20ClN3O5S/c1-17(11-3-5-12(18)6-4-11)15(23)21(16(24)19-17)9-14(22)20(2)13-7-8-27(25,26)10-13/h3-6,13H,7-10H2,1-2H3,(H,19,24)/t13-,17+/m1/s1. The first-order valence-electron chi connectivity index (χ1n) is 8.40. The van der Waals surface area contributed by atoms with Gasteiger partial charge >= 0.3 is 6.03 Å². The van der Waals surface area contributed by atoms with E-state index < -0.39 is 45.8 Å². The Morgan fingerprint density at radius 2 is 1.96 bits per heavy atom. The van der Waals surface area contributed by atoms with Crippen LogP contribution in [0.25, 0.3) is 0 Å². The summed E-state index contributed by atoms with van der Waals surface area (Å²) >= 11 is 5.87. The Balaban J connectivity index is 1.74. The van der Waals surface area contributed by atoms with Crippen LogP contribution >= 0.6 is 11.6 Å². The van der Waals surface area contributed by atoms with Crippen LogP contribution in [0.2, 0.25) is 5.02 Å². The number of nitrogens with zero attached hydrogens (tertiary/aromatic N) is 2. The summed E-state index contributed by atoms with van der Waals surface area (Å²) in [5.74, 6) is -1.10. The Morgan fingerprint density at radius 1 is 1.33 bits per heavy atom. The summed E-state index contributed by atoms with van der Waals surface area (Å²) in [6.45, 7) is 1.12. The lowest BCUT2D eigenvalue weighted by molar-refractivity contribution is -0.139. The second kappa shape index (κ2) is 6.79. The Hall–Kier alpha value is -2.13. The molecule has 4 amide bonds. The molecule has 0 aliphatic carbocycles. The number of carbonyl (C=O) groups is 3. The lowest BCUT2D eigenvalue weighted by atomic mass is 9.92. The van der Waals surface area contributed by atoms with Gasteiger partial charge in [0, 0.05) is 18.1 Å². The molecule has 1 aromatic carbocycles. The molecule has 27 heavy (non-hydrogen) atoms. The Labute approximate surface area is 162 Å². The van der Waals surface area contributed by atoms with E-state index in [-0.39, 0.29) is 11.5 Å². The van der Waals surface area contributed by atoms with Crippen molar-refractivity contribution in [3.8, 4) is 0 Å². The summed E-state index contributed by atoms with van der Waals surface area (Å²) in [4.78, 5) is 39.9. The number of hydrogen-bond donors (Lipinski definition) is 1. The van der Waals surface area contributed by atoms with Crippen molar-refractivity contribution >= 4 is 39.3 Å². The normalized spacial score (nSPS) is 26.9. The van der Waals surface area contributed by atoms with Gasteiger partial charge < -0.3 is 10.2 Å². The number of carbonyl (C=O) groups excluding carboxylic acids is 3. The first-order chi connectivity index (χ1) is 12.5. The molecule has 0 spiro atoms. The maximum absolute atomic E-state index is 12.8. The monoisotopic (exact) mass is 413 g/mol. The number of imide groups is 1. The van der Waals surface area contributed by atoms with Gasteiger partial charge in [0.2, 0.25) is 5.91 Å². The number of benzene rings is 1. The molecule has 1 aromatic rings. The molecule has 0 aromatic heterocycles. The lowest BCUT2D eigenvalue weighted by Gasteiger charge is -2.26. The highest BCUT2D eigenvalue weighted by Crippen LogP contribution is 2.29. The molecule has 2 saturated heterocycles. The molecule has 0 unspecified atom stereocenters. The van der Waals surface area contributed by atoms with Crippen LogP contribution in [0.4, 0.5) is 4.79 Å². The van der Waals surface area contributed by atoms with E-state index >= 15 is 0 Å². The van der Waals surface area contributed by atoms with Gasteiger partial charge in [-0.15, -0.1) is 0 Å². The number of rotatable bonds is 4. The zero-order valence-electron chi connectivity index (χ0n) is 14.9. The van der Waals surface area contributed by atoms with Gasteiger partial charge in [-0.1, -0.05) is 23.7 Å². The third-order valence-corrected chi connectivity index (χ3v) is 7.14. The zero-order chi connectivity index (χ0) is 20.0. The fraction of sp³-hybridized carbons (Fsp3) is 0.471. The smallest absolute Gasteiger partial charge is 0.325 e. The minimum Gasteiger partial charge on any atom is -0.340 e. The van der Waals surface area contributed by atoms with Gasteiger partial charge in [0.1, 0.15) is 12.1 Å². The quantitative estimate of drug-likeness (QED) is 0.733. The van der Waals surface area contributed by atoms with Gasteiger partial charge in [0.25, 0.3) is 5.91 Å². The fourth-order valence-electron chi connectivity index (χ4n) is 3.35. The molecule has 146 valence electrons. The van der Waals surface area contributed by atoms with E-state index in [0.717, 1.165) is 4.90 Å². The molecular weight excluding hydrogens is 394 g/mol. The zero-order valence-corrected chi connectivity index (χ0v) is 16.5. The van der Waals surface area contributed by atoms with Crippen molar-refractivity contribution in [2.45, 2.75) is 24.9 Å². The van der Waals surface area contributed by atoms with Crippen molar-refractivity contribution in [2.75, 3.05) is 25.1 Å². The topological polar surface area (TPSA) is 104 Å². The number of nitrogens with one attached hydrogen (secondary N) is 1. The summed E-state index contributed by atoms with van der Waals surface area (Å²) < 4.78 is 23.2. The minimum atomic E-state index is -3.15. The van der Waals surface area contributed by atoms with Gasteiger partial charge in [0.05, 0.1) is 11.5 Å². The number of halogens is 1. The molecule has 0 radical (unpaired) electrons. The van der Waals surface area contributed by atoms with Crippen LogP contribution in [0, 0.1) is 0 Å². The van der Waals surface area contributed by atoms with Crippen LogP contribution < -0.4 is 5.32 Å². The summed E-state index contributed by atoms with van der Waals surface area (Å²) in [6.07, 6.45) is 0.354. The van der Waals surface area contributed by atoms with Gasteiger partial charge in [-0.2, -0.15) is 0 Å². The number of amides is 4. The summed E-state index contributed by atoms with van der Waals surface area (Å²) in [5, 5.41) is 3.12. The van der Waals surface area contributed by atoms with E-state index in [9.17, 15) is 22.8 Å². The van der Waals surface area contributed by atoms with Crippen LogP contribution in [0.3, 0.4) is 0 Å². The number of urea groups is 1. The Morgan fingerprint density at radius 3 is 2.52 bits per heavy atom. The van der Waals surface area contributed by atoms with Gasteiger partial charge in [-0.05, 0) is 31.0 Å². The van der Waals surface area contributed by atoms with Crippen molar-refractivity contribution in [2.24, 2.45) is 0 Å². The summed E-state index contributed by atoms with van der Waals surface area (Å²) in [7, 11) is -1.65. The average molecular weight is 414 g/mol. The van der Waals surface area contributed by atoms with Crippen molar-refractivity contribution in [1.29, 1.82) is 0 Å². The highest BCUT2D eigenvalue weighted by Gasteiger charge is 2.50. The van der Waals surface area contributed by atoms with E-state index in [0.29, 0.717) is 17.0 Å². The maximum atomic E-state index is 12.8. The van der Waals surface area contributed by atoms with Crippen molar-refractivity contribution in [3.63, 3.8) is 0 Å². The molecule has 2 heterocycles. The molecule has 0 saturated carbocycles. The summed E-state index contributed by atoms with van der Waals surface area (Å²) in [5.41, 5.74) is -0.743. The van der Waals surface area contributed by atoms with Crippen molar-refractivity contribution in [3.05, 3.63) is 34.9 Å². The maximum Gasteiger partial charge on any atom is 0.325 e. The molecule has 10 heteroatoms. The highest BCUT2D eigenvalue weighted by molar-refractivity contribution is 7.91. The number of sulfone groups is 1. The van der Waals surface area contributed by atoms with Crippen LogP contribution in [0.1, 0.15) is 18.9 Å². The molecular formula is C17H20ClN3O5S. The first-order valence-corrected chi connectivity index (χ1v) is 10.6. The van der Waals surface area contributed by atoms with Crippen LogP contribution in [0.15, 0.2) is 24.3 Å². The van der Waals surface area contributed by atoms with Crippen LogP contribution in [-0.4, -0.2) is 67.2 Å². The number of likely N-dealkylation sites (N-methyl/N-ethyl adjacent to an activating group) is 1. The highest BCUT2D eigenvalue weighted by atomic mass is 35.5. The average Bonchev–Trinajstić information content (AvgIpc) is 3.07. The van der Waals surface area contributed by atoms with Gasteiger partial charge in [-0.25, -0.2) is 13.2 Å². The van der Waals surface area contributed by atoms with Gasteiger partial charge in [-0.3, -0.25) is 14.5 Å². The van der Waals surface area contributed by atoms with Crippen molar-refractivity contribution < 1.29 is 22.8 Å². The predicted molar refractivity (Wildman–Crippen MR) is 98.9 cm³/mol. The third-order valence-electron chi connectivity index (χ3n) is 5.14. The molecule has 0 bridgehead atoms. The van der Waals surface area contributed by atoms with E-state index in [4.69, 9.17) is 11.6 Å². The van der Waals surface area contributed by atoms with E-state index in [1.807, 2.05) is 0 Å². The second-order valence-corrected chi connectivity index (χ2v) is 9.68. The van der Waals surface area contributed by atoms with E-state index in [2.05, 4.69) is 5.32 Å². The molecule has 1 N–H and O–H groups in total. The fourth-order valence-corrected chi connectivity index (χ4v) is 5.25. The Kier molecular flexibility index (Phi) is 4.94. The molecule has 2 aliphatic rings. The van der Waals surface area contributed by atoms with Crippen molar-refractivity contribution in [1.82, 2.24) is 15.1 Å². The SMILES string of the molecule is CN(C(=O)CN1C(=O)N[C@@](C)(c2ccc(Cl)cc2)C1=O)[C@@H]1CCS(=O)(=O)C1. The molecule has 2 fully saturated rings. The summed E-state index contributed by atoms with van der Waals surface area (Å²) in [6, 6.07) is 5.40. The molecule has 8 nitrogen and oxygen atoms in total. The largest absolute Gasteiger partial charge is 0.340 e. The molecule has 2 atom stereocenters. The second-order valence-electron chi connectivity index (χ2n) is 7.01. The van der Waals surface area contributed by atoms with E-state index in [1.54, 1.807) is 31.2 Å². The lowest BCUT2D eigenvalue weighted by Crippen LogP contribution is -2.46. The molecule has 3 rings (SSSR count). The predicted octanol–water partition coefficient (Wildman–Crippen LogP) is 0.752. The molecule has 2 aliphatic heterocycles. The number of hydrogen-bond acceptors (Lipinski definition) is 5. The van der Waals surface area contributed by atoms with Crippen LogP contribution in [0.5, 0.6) is 0 Å². The van der Waals surface area contributed by atoms with Crippen LogP contribution in [-0.2, 0) is 25.0 Å².